The van der Waals surface area contributed by atoms with E-state index in [0.29, 0.717) is 23.1 Å². The molecule has 5 heteroatoms. The third kappa shape index (κ3) is 3.01. The van der Waals surface area contributed by atoms with E-state index in [4.69, 9.17) is 0 Å². The molecule has 2 atom stereocenters. The van der Waals surface area contributed by atoms with E-state index in [-0.39, 0.29) is 0 Å². The third-order valence-corrected chi connectivity index (χ3v) is 2.37. The molecule has 0 radical (unpaired) electrons. The summed E-state index contributed by atoms with van der Waals surface area (Å²) >= 11 is 3.20. The normalized spacial score (nSPS) is 15.1. The van der Waals surface area contributed by atoms with Gasteiger partial charge in [-0.1, -0.05) is 15.9 Å². The average molecular weight is 261 g/mol. The molecule has 1 aromatic rings. The number of aromatic nitrogens is 2. The highest BCUT2D eigenvalue weighted by Gasteiger charge is 2.17. The van der Waals surface area contributed by atoms with Gasteiger partial charge in [-0.2, -0.15) is 0 Å². The molecule has 1 aromatic heterocycles. The van der Waals surface area contributed by atoms with Gasteiger partial charge in [0.25, 0.3) is 0 Å². The molecule has 0 saturated carbocycles. The SMILES string of the molecule is Cc1ncc(C(O)C(O)CCBr)cn1. The molecule has 0 aliphatic rings. The van der Waals surface area contributed by atoms with Crippen molar-refractivity contribution in [3.63, 3.8) is 0 Å². The molecule has 0 aliphatic heterocycles. The second-order valence-corrected chi connectivity index (χ2v) is 3.85. The molecular formula is C9H13BrN2O2. The Morgan fingerprint density at radius 3 is 2.43 bits per heavy atom. The lowest BCUT2D eigenvalue weighted by molar-refractivity contribution is 0.0169. The van der Waals surface area contributed by atoms with Gasteiger partial charge in [0.15, 0.2) is 0 Å². The van der Waals surface area contributed by atoms with E-state index in [0.717, 1.165) is 0 Å². The highest BCUT2D eigenvalue weighted by atomic mass is 79.9. The topological polar surface area (TPSA) is 66.2 Å². The highest BCUT2D eigenvalue weighted by molar-refractivity contribution is 9.09. The van der Waals surface area contributed by atoms with Crippen LogP contribution in [0.25, 0.3) is 0 Å². The van der Waals surface area contributed by atoms with Crippen molar-refractivity contribution in [2.45, 2.75) is 25.6 Å². The standard InChI is InChI=1S/C9H13BrN2O2/c1-6-11-4-7(5-12-6)9(14)8(13)2-3-10/h4-5,8-9,13-14H,2-3H2,1H3. The minimum atomic E-state index is -0.909. The van der Waals surface area contributed by atoms with Crippen molar-refractivity contribution in [1.82, 2.24) is 9.97 Å². The number of nitrogens with zero attached hydrogens (tertiary/aromatic N) is 2. The fraction of sp³-hybridized carbons (Fsp3) is 0.556. The van der Waals surface area contributed by atoms with Crippen LogP contribution in [0.5, 0.6) is 0 Å². The minimum Gasteiger partial charge on any atom is -0.390 e. The smallest absolute Gasteiger partial charge is 0.125 e. The molecule has 0 aromatic carbocycles. The van der Waals surface area contributed by atoms with Crippen molar-refractivity contribution < 1.29 is 10.2 Å². The molecule has 14 heavy (non-hydrogen) atoms. The molecule has 0 bridgehead atoms. The Labute approximate surface area is 91.2 Å². The summed E-state index contributed by atoms with van der Waals surface area (Å²) in [7, 11) is 0. The first-order valence-corrected chi connectivity index (χ1v) is 5.48. The Hall–Kier alpha value is -0.520. The minimum absolute atomic E-state index is 0.495. The summed E-state index contributed by atoms with van der Waals surface area (Å²) < 4.78 is 0. The van der Waals surface area contributed by atoms with Gasteiger partial charge in [0.1, 0.15) is 11.9 Å². The van der Waals surface area contributed by atoms with Crippen LogP contribution in [0.15, 0.2) is 12.4 Å². The Bertz CT molecular complexity index is 279. The maximum atomic E-state index is 9.66. The second-order valence-electron chi connectivity index (χ2n) is 3.05. The summed E-state index contributed by atoms with van der Waals surface area (Å²) in [4.78, 5) is 7.90. The van der Waals surface area contributed by atoms with E-state index in [1.54, 1.807) is 6.92 Å². The second kappa shape index (κ2) is 5.38. The molecule has 2 unspecified atom stereocenters. The van der Waals surface area contributed by atoms with E-state index in [1.165, 1.54) is 12.4 Å². The number of hydrogen-bond donors (Lipinski definition) is 2. The van der Waals surface area contributed by atoms with Crippen LogP contribution in [0.3, 0.4) is 0 Å². The summed E-state index contributed by atoms with van der Waals surface area (Å²) in [6.07, 6.45) is 1.87. The van der Waals surface area contributed by atoms with Crippen LogP contribution in [0.1, 0.15) is 23.9 Å². The third-order valence-electron chi connectivity index (χ3n) is 1.91. The van der Waals surface area contributed by atoms with E-state index < -0.39 is 12.2 Å². The van der Waals surface area contributed by atoms with Crippen molar-refractivity contribution in [3.8, 4) is 0 Å². The summed E-state index contributed by atoms with van der Waals surface area (Å²) in [6.45, 7) is 1.77. The first kappa shape index (κ1) is 11.6. The maximum absolute atomic E-state index is 9.66. The summed E-state index contributed by atoms with van der Waals surface area (Å²) in [6, 6.07) is 0. The Kier molecular flexibility index (Phi) is 4.44. The monoisotopic (exact) mass is 260 g/mol. The van der Waals surface area contributed by atoms with Crippen LogP contribution < -0.4 is 0 Å². The van der Waals surface area contributed by atoms with Gasteiger partial charge < -0.3 is 10.2 Å². The van der Waals surface area contributed by atoms with Crippen LogP contribution in [-0.2, 0) is 0 Å². The molecule has 1 heterocycles. The Balaban J connectivity index is 2.68. The van der Waals surface area contributed by atoms with Gasteiger partial charge in [0, 0.05) is 23.3 Å². The van der Waals surface area contributed by atoms with Gasteiger partial charge in [-0.3, -0.25) is 0 Å². The largest absolute Gasteiger partial charge is 0.390 e. The van der Waals surface area contributed by atoms with E-state index in [1.807, 2.05) is 0 Å². The van der Waals surface area contributed by atoms with E-state index >= 15 is 0 Å². The lowest BCUT2D eigenvalue weighted by atomic mass is 10.1. The molecule has 1 rings (SSSR count). The number of rotatable bonds is 4. The Morgan fingerprint density at radius 2 is 1.93 bits per heavy atom. The zero-order chi connectivity index (χ0) is 10.6. The number of hydrogen-bond acceptors (Lipinski definition) is 4. The molecule has 0 saturated heterocycles. The van der Waals surface area contributed by atoms with Gasteiger partial charge in [0.2, 0.25) is 0 Å². The van der Waals surface area contributed by atoms with Gasteiger partial charge in [-0.15, -0.1) is 0 Å². The lowest BCUT2D eigenvalue weighted by Crippen LogP contribution is -2.19. The first-order chi connectivity index (χ1) is 6.65. The molecule has 0 fully saturated rings. The molecule has 0 amide bonds. The number of alkyl halides is 1. The number of aryl methyl sites for hydroxylation is 1. The van der Waals surface area contributed by atoms with E-state index in [2.05, 4.69) is 25.9 Å². The van der Waals surface area contributed by atoms with Crippen molar-refractivity contribution in [1.29, 1.82) is 0 Å². The van der Waals surface area contributed by atoms with Crippen molar-refractivity contribution >= 4 is 15.9 Å². The van der Waals surface area contributed by atoms with Gasteiger partial charge in [0.05, 0.1) is 6.10 Å². The lowest BCUT2D eigenvalue weighted by Gasteiger charge is -2.16. The van der Waals surface area contributed by atoms with E-state index in [9.17, 15) is 10.2 Å². The quantitative estimate of drug-likeness (QED) is 0.792. The Morgan fingerprint density at radius 1 is 1.36 bits per heavy atom. The molecular weight excluding hydrogens is 248 g/mol. The van der Waals surface area contributed by atoms with Crippen molar-refractivity contribution in [3.05, 3.63) is 23.8 Å². The number of aliphatic hydroxyl groups excluding tert-OH is 2. The van der Waals surface area contributed by atoms with Crippen molar-refractivity contribution in [2.24, 2.45) is 0 Å². The molecule has 78 valence electrons. The predicted molar refractivity (Wildman–Crippen MR) is 56.1 cm³/mol. The van der Waals surface area contributed by atoms with Gasteiger partial charge >= 0.3 is 0 Å². The fourth-order valence-electron chi connectivity index (χ4n) is 1.05. The van der Waals surface area contributed by atoms with Crippen LogP contribution in [0, 0.1) is 6.92 Å². The van der Waals surface area contributed by atoms with Crippen molar-refractivity contribution in [2.75, 3.05) is 5.33 Å². The predicted octanol–water partition coefficient (Wildman–Crippen LogP) is 0.964. The van der Waals surface area contributed by atoms with Crippen LogP contribution in [0.4, 0.5) is 0 Å². The van der Waals surface area contributed by atoms with Gasteiger partial charge in [-0.25, -0.2) is 9.97 Å². The summed E-state index contributed by atoms with van der Waals surface area (Å²) in [5.41, 5.74) is 0.545. The first-order valence-electron chi connectivity index (χ1n) is 4.35. The molecule has 0 spiro atoms. The van der Waals surface area contributed by atoms with Crippen LogP contribution >= 0.6 is 15.9 Å². The summed E-state index contributed by atoms with van der Waals surface area (Å²) in [5.74, 6) is 0.649. The van der Waals surface area contributed by atoms with Crippen LogP contribution in [-0.4, -0.2) is 31.6 Å². The highest BCUT2D eigenvalue weighted by Crippen LogP contribution is 2.17. The number of aliphatic hydroxyl groups is 2. The maximum Gasteiger partial charge on any atom is 0.125 e. The van der Waals surface area contributed by atoms with Gasteiger partial charge in [-0.05, 0) is 13.3 Å². The fourth-order valence-corrected chi connectivity index (χ4v) is 1.52. The summed E-state index contributed by atoms with van der Waals surface area (Å²) in [5, 5.41) is 19.8. The average Bonchev–Trinajstić information content (AvgIpc) is 2.18. The number of halogens is 1. The van der Waals surface area contributed by atoms with Crippen LogP contribution in [0.2, 0.25) is 0 Å². The molecule has 2 N–H and O–H groups in total. The molecule has 4 nitrogen and oxygen atoms in total. The molecule has 0 aliphatic carbocycles. The zero-order valence-corrected chi connectivity index (χ0v) is 9.48. The zero-order valence-electron chi connectivity index (χ0n) is 7.89.